The zero-order chi connectivity index (χ0) is 32.8. The molecule has 6 nitrogen and oxygen atoms in total. The summed E-state index contributed by atoms with van der Waals surface area (Å²) in [5, 5.41) is 5.88. The van der Waals surface area contributed by atoms with Crippen molar-refractivity contribution in [1.82, 2.24) is 10.6 Å². The molecular formula is C38H50N2O4. The second-order valence-electron chi connectivity index (χ2n) is 12.2. The molecule has 0 aliphatic carbocycles. The van der Waals surface area contributed by atoms with Crippen molar-refractivity contribution in [2.75, 3.05) is 13.2 Å². The van der Waals surface area contributed by atoms with Crippen molar-refractivity contribution in [3.63, 3.8) is 0 Å². The first-order chi connectivity index (χ1) is 20.7. The summed E-state index contributed by atoms with van der Waals surface area (Å²) in [4.78, 5) is 24.8. The lowest BCUT2D eigenvalue weighted by atomic mass is 9.92. The minimum absolute atomic E-state index is 0.188. The molecule has 1 atom stereocenters. The summed E-state index contributed by atoms with van der Waals surface area (Å²) in [5.41, 5.74) is 4.82. The third-order valence-electron chi connectivity index (χ3n) is 7.41. The minimum atomic E-state index is -0.587. The van der Waals surface area contributed by atoms with Gasteiger partial charge in [0.2, 0.25) is 0 Å². The SMILES string of the molecule is C=CC(C/C=C/COC(=O)NC(C)(C)c1cccc(C(=C)C)c1)CC/C=C\COC(=O)NC(C)(C)c1cccc(C(=C)C)c1. The number of hydrogen-bond donors (Lipinski definition) is 2. The molecule has 0 saturated carbocycles. The zero-order valence-corrected chi connectivity index (χ0v) is 27.4. The molecule has 0 saturated heterocycles. The van der Waals surface area contributed by atoms with Crippen LogP contribution in [0.1, 0.15) is 83.1 Å². The van der Waals surface area contributed by atoms with Gasteiger partial charge >= 0.3 is 12.2 Å². The number of ether oxygens (including phenoxy) is 2. The van der Waals surface area contributed by atoms with E-state index in [0.29, 0.717) is 0 Å². The first kappa shape index (κ1) is 35.9. The van der Waals surface area contributed by atoms with Gasteiger partial charge in [-0.15, -0.1) is 6.58 Å². The fraction of sp³-hybridized carbons (Fsp3) is 0.368. The number of alkyl carbamates (subject to hydrolysis) is 2. The lowest BCUT2D eigenvalue weighted by Crippen LogP contribution is -2.41. The number of amides is 2. The van der Waals surface area contributed by atoms with E-state index in [2.05, 4.69) is 30.4 Å². The van der Waals surface area contributed by atoms with Crippen molar-refractivity contribution < 1.29 is 19.1 Å². The number of carbonyl (C=O) groups is 2. The van der Waals surface area contributed by atoms with E-state index in [1.54, 1.807) is 0 Å². The standard InChI is InChI=1S/C38H50N2O4/c1-10-30(19-13-15-25-44-36(42)40-38(8,9)34-23-17-21-32(27-34)29(4)5)18-12-11-14-24-43-35(41)39-37(6,7)33-22-16-20-31(26-33)28(2)3/h10-11,13-17,20-23,26-27,30H,1-2,4,12,18-19,24-25H2,3,5-9H3,(H,39,41)(H,40,42)/b14-11-,15-13+. The van der Waals surface area contributed by atoms with E-state index in [4.69, 9.17) is 9.47 Å². The smallest absolute Gasteiger partial charge is 0.408 e. The number of carbonyl (C=O) groups excluding carboxylic acids is 2. The summed E-state index contributed by atoms with van der Waals surface area (Å²) < 4.78 is 10.7. The van der Waals surface area contributed by atoms with Gasteiger partial charge in [0.25, 0.3) is 0 Å². The van der Waals surface area contributed by atoms with Crippen molar-refractivity contribution >= 4 is 23.3 Å². The van der Waals surface area contributed by atoms with Gasteiger partial charge in [-0.2, -0.15) is 0 Å². The van der Waals surface area contributed by atoms with Crippen LogP contribution in [0.15, 0.2) is 98.6 Å². The number of hydrogen-bond acceptors (Lipinski definition) is 4. The maximum absolute atomic E-state index is 12.4. The molecule has 0 aromatic heterocycles. The average Bonchev–Trinajstić information content (AvgIpc) is 2.97. The van der Waals surface area contributed by atoms with Crippen LogP contribution in [0.4, 0.5) is 9.59 Å². The van der Waals surface area contributed by atoms with Crippen LogP contribution in [0.5, 0.6) is 0 Å². The van der Waals surface area contributed by atoms with Crippen molar-refractivity contribution in [3.05, 3.63) is 121 Å². The number of rotatable bonds is 16. The number of nitrogens with one attached hydrogen (secondary N) is 2. The van der Waals surface area contributed by atoms with Crippen LogP contribution in [0.25, 0.3) is 11.1 Å². The van der Waals surface area contributed by atoms with Crippen LogP contribution in [0.3, 0.4) is 0 Å². The lowest BCUT2D eigenvalue weighted by molar-refractivity contribution is 0.146. The van der Waals surface area contributed by atoms with E-state index in [0.717, 1.165) is 52.7 Å². The van der Waals surface area contributed by atoms with Crippen molar-refractivity contribution in [2.24, 2.45) is 5.92 Å². The predicted octanol–water partition coefficient (Wildman–Crippen LogP) is 9.46. The van der Waals surface area contributed by atoms with Gasteiger partial charge in [0.1, 0.15) is 13.2 Å². The Morgan fingerprint density at radius 1 is 0.773 bits per heavy atom. The normalized spacial score (nSPS) is 12.5. The van der Waals surface area contributed by atoms with Crippen LogP contribution < -0.4 is 10.6 Å². The van der Waals surface area contributed by atoms with Gasteiger partial charge in [0.05, 0.1) is 11.1 Å². The summed E-state index contributed by atoms with van der Waals surface area (Å²) in [6.07, 6.45) is 11.2. The first-order valence-corrected chi connectivity index (χ1v) is 15.1. The first-order valence-electron chi connectivity index (χ1n) is 15.1. The summed E-state index contributed by atoms with van der Waals surface area (Å²) in [7, 11) is 0. The monoisotopic (exact) mass is 598 g/mol. The fourth-order valence-electron chi connectivity index (χ4n) is 4.49. The van der Waals surface area contributed by atoms with Crippen LogP contribution in [0.2, 0.25) is 0 Å². The molecule has 0 fully saturated rings. The molecule has 0 bridgehead atoms. The van der Waals surface area contributed by atoms with Crippen LogP contribution in [-0.4, -0.2) is 25.4 Å². The molecule has 1 unspecified atom stereocenters. The van der Waals surface area contributed by atoms with E-state index in [9.17, 15) is 9.59 Å². The zero-order valence-electron chi connectivity index (χ0n) is 27.4. The maximum Gasteiger partial charge on any atom is 0.408 e. The summed E-state index contributed by atoms with van der Waals surface area (Å²) in [5.74, 6) is 0.282. The van der Waals surface area contributed by atoms with Gasteiger partial charge in [-0.1, -0.05) is 91.1 Å². The van der Waals surface area contributed by atoms with Gasteiger partial charge in [-0.05, 0) is 101 Å². The Morgan fingerprint density at radius 2 is 1.23 bits per heavy atom. The van der Waals surface area contributed by atoms with Crippen LogP contribution >= 0.6 is 0 Å². The quantitative estimate of drug-likeness (QED) is 0.189. The van der Waals surface area contributed by atoms with E-state index in [1.807, 2.05) is 120 Å². The molecule has 0 radical (unpaired) electrons. The summed E-state index contributed by atoms with van der Waals surface area (Å²) in [6, 6.07) is 16.0. The van der Waals surface area contributed by atoms with E-state index in [-0.39, 0.29) is 19.1 Å². The highest BCUT2D eigenvalue weighted by Crippen LogP contribution is 2.25. The highest BCUT2D eigenvalue weighted by atomic mass is 16.6. The van der Waals surface area contributed by atoms with Crippen molar-refractivity contribution in [3.8, 4) is 0 Å². The molecule has 236 valence electrons. The Morgan fingerprint density at radius 3 is 1.66 bits per heavy atom. The van der Waals surface area contributed by atoms with Crippen LogP contribution in [-0.2, 0) is 20.6 Å². The molecule has 2 rings (SSSR count). The van der Waals surface area contributed by atoms with Gasteiger partial charge < -0.3 is 20.1 Å². The van der Waals surface area contributed by atoms with Crippen molar-refractivity contribution in [2.45, 2.75) is 71.9 Å². The van der Waals surface area contributed by atoms with Crippen molar-refractivity contribution in [1.29, 1.82) is 0 Å². The third kappa shape index (κ3) is 12.1. The highest BCUT2D eigenvalue weighted by molar-refractivity contribution is 5.70. The minimum Gasteiger partial charge on any atom is -0.445 e. The molecule has 0 spiro atoms. The molecule has 6 heteroatoms. The van der Waals surface area contributed by atoms with E-state index >= 15 is 0 Å². The Hall–Kier alpha value is -4.32. The molecule has 2 aromatic rings. The topological polar surface area (TPSA) is 76.7 Å². The molecule has 2 amide bonds. The maximum atomic E-state index is 12.4. The molecule has 0 aliphatic rings. The number of benzene rings is 2. The molecule has 44 heavy (non-hydrogen) atoms. The molecule has 2 N–H and O–H groups in total. The highest BCUT2D eigenvalue weighted by Gasteiger charge is 2.25. The second-order valence-corrected chi connectivity index (χ2v) is 12.2. The molecular weight excluding hydrogens is 548 g/mol. The van der Waals surface area contributed by atoms with Gasteiger partial charge in [-0.25, -0.2) is 9.59 Å². The molecule has 0 aliphatic heterocycles. The molecule has 0 heterocycles. The Bertz CT molecular complexity index is 1370. The lowest BCUT2D eigenvalue weighted by Gasteiger charge is -2.27. The summed E-state index contributed by atoms with van der Waals surface area (Å²) in [6.45, 7) is 24.0. The Kier molecular flexibility index (Phi) is 13.9. The Balaban J connectivity index is 1.67. The third-order valence-corrected chi connectivity index (χ3v) is 7.41. The number of allylic oxidation sites excluding steroid dienone is 5. The predicted molar refractivity (Wildman–Crippen MR) is 183 cm³/mol. The van der Waals surface area contributed by atoms with E-state index < -0.39 is 23.3 Å². The Labute approximate surface area is 264 Å². The second kappa shape index (κ2) is 17.1. The molecule has 2 aromatic carbocycles. The largest absolute Gasteiger partial charge is 0.445 e. The van der Waals surface area contributed by atoms with Gasteiger partial charge in [0, 0.05) is 0 Å². The van der Waals surface area contributed by atoms with Gasteiger partial charge in [0.15, 0.2) is 0 Å². The fourth-order valence-corrected chi connectivity index (χ4v) is 4.49. The van der Waals surface area contributed by atoms with E-state index in [1.165, 1.54) is 0 Å². The van der Waals surface area contributed by atoms with Gasteiger partial charge in [-0.3, -0.25) is 0 Å². The summed E-state index contributed by atoms with van der Waals surface area (Å²) >= 11 is 0. The average molecular weight is 599 g/mol. The van der Waals surface area contributed by atoms with Crippen LogP contribution in [0, 0.1) is 5.92 Å².